The molecule has 0 spiro atoms. The zero-order chi connectivity index (χ0) is 23.1. The van der Waals surface area contributed by atoms with E-state index in [1.54, 1.807) is 0 Å². The lowest BCUT2D eigenvalue weighted by Gasteiger charge is -2.13. The molecule has 0 aliphatic rings. The molecule has 0 radical (unpaired) electrons. The highest BCUT2D eigenvalue weighted by Crippen LogP contribution is 2.37. The van der Waals surface area contributed by atoms with Crippen molar-refractivity contribution in [2.24, 2.45) is 0 Å². The Morgan fingerprint density at radius 2 is 1.24 bits per heavy atom. The number of hydrogen-bond donors (Lipinski definition) is 1. The van der Waals surface area contributed by atoms with Crippen molar-refractivity contribution in [1.29, 1.82) is 0 Å². The van der Waals surface area contributed by atoms with Gasteiger partial charge in [0.1, 0.15) is 5.65 Å². The van der Waals surface area contributed by atoms with Gasteiger partial charge in [-0.15, -0.1) is 0 Å². The molecular weight excluding hydrogens is 416 g/mol. The Labute approximate surface area is 198 Å². The number of para-hydroxylation sites is 2. The highest BCUT2D eigenvalue weighted by atomic mass is 15.2. The molecule has 1 N–H and O–H groups in total. The monoisotopic (exact) mass is 440 g/mol. The predicted molar refractivity (Wildman–Crippen MR) is 141 cm³/mol. The van der Waals surface area contributed by atoms with Crippen LogP contribution < -0.4 is 5.32 Å². The van der Waals surface area contributed by atoms with Crippen LogP contribution in [0.4, 0.5) is 11.6 Å². The van der Waals surface area contributed by atoms with Crippen LogP contribution in [0.3, 0.4) is 0 Å². The van der Waals surface area contributed by atoms with Gasteiger partial charge in [-0.1, -0.05) is 90.0 Å². The summed E-state index contributed by atoms with van der Waals surface area (Å²) < 4.78 is 2.16. The van der Waals surface area contributed by atoms with Crippen LogP contribution in [0.2, 0.25) is 0 Å². The number of nitrogens with one attached hydrogen (secondary N) is 1. The van der Waals surface area contributed by atoms with Gasteiger partial charge < -0.3 is 5.32 Å². The van der Waals surface area contributed by atoms with Crippen molar-refractivity contribution in [2.45, 2.75) is 13.8 Å². The third-order valence-electron chi connectivity index (χ3n) is 6.14. The summed E-state index contributed by atoms with van der Waals surface area (Å²) in [7, 11) is 0. The Balaban J connectivity index is 1.72. The predicted octanol–water partition coefficient (Wildman–Crippen LogP) is 7.58. The van der Waals surface area contributed by atoms with Gasteiger partial charge in [-0.05, 0) is 38.1 Å². The van der Waals surface area contributed by atoms with Crippen molar-refractivity contribution >= 4 is 28.2 Å². The summed E-state index contributed by atoms with van der Waals surface area (Å²) in [6, 6.07) is 35.5. The van der Waals surface area contributed by atoms with Crippen LogP contribution in [-0.2, 0) is 0 Å². The molecule has 4 nitrogen and oxygen atoms in total. The second-order valence-corrected chi connectivity index (χ2v) is 8.64. The van der Waals surface area contributed by atoms with Crippen LogP contribution in [0.1, 0.15) is 11.1 Å². The van der Waals surface area contributed by atoms with E-state index in [2.05, 4.69) is 78.2 Å². The van der Waals surface area contributed by atoms with Gasteiger partial charge in [0, 0.05) is 22.2 Å². The molecule has 2 aromatic heterocycles. The standard InChI is InChI=1S/C30H24N4/c1-20-12-16-22(17-13-20)27-28(23-18-14-21(2)15-19-23)34-29(33-27)25-10-6-7-11-26(25)32-30(34)31-24-8-4-3-5-9-24/h3-19H,1-2H3,(H,31,32). The molecule has 4 heteroatoms. The lowest BCUT2D eigenvalue weighted by atomic mass is 10.0. The van der Waals surface area contributed by atoms with Crippen molar-refractivity contribution < 1.29 is 0 Å². The maximum absolute atomic E-state index is 5.22. The first kappa shape index (κ1) is 20.2. The highest BCUT2D eigenvalue weighted by Gasteiger charge is 2.21. The molecule has 0 aliphatic heterocycles. The van der Waals surface area contributed by atoms with Gasteiger partial charge >= 0.3 is 0 Å². The maximum atomic E-state index is 5.22. The topological polar surface area (TPSA) is 42.2 Å². The zero-order valence-corrected chi connectivity index (χ0v) is 19.2. The lowest BCUT2D eigenvalue weighted by molar-refractivity contribution is 1.13. The van der Waals surface area contributed by atoms with Crippen molar-refractivity contribution in [2.75, 3.05) is 5.32 Å². The molecule has 0 saturated heterocycles. The summed E-state index contributed by atoms with van der Waals surface area (Å²) in [5.74, 6) is 0.737. The second-order valence-electron chi connectivity index (χ2n) is 8.64. The Bertz CT molecular complexity index is 1610. The molecule has 34 heavy (non-hydrogen) atoms. The van der Waals surface area contributed by atoms with Crippen LogP contribution in [0.5, 0.6) is 0 Å². The third kappa shape index (κ3) is 3.50. The third-order valence-corrected chi connectivity index (χ3v) is 6.14. The van der Waals surface area contributed by atoms with Crippen LogP contribution in [0.15, 0.2) is 103 Å². The van der Waals surface area contributed by atoms with E-state index in [0.717, 1.165) is 50.7 Å². The Kier molecular flexibility index (Phi) is 4.84. The fourth-order valence-corrected chi connectivity index (χ4v) is 4.36. The number of nitrogens with zero attached hydrogens (tertiary/aromatic N) is 3. The molecule has 0 atom stereocenters. The van der Waals surface area contributed by atoms with Crippen molar-refractivity contribution in [3.05, 3.63) is 114 Å². The number of benzene rings is 4. The fraction of sp³-hybridized carbons (Fsp3) is 0.0667. The van der Waals surface area contributed by atoms with E-state index in [1.807, 2.05) is 48.5 Å². The van der Waals surface area contributed by atoms with Gasteiger partial charge in [0.25, 0.3) is 0 Å². The minimum Gasteiger partial charge on any atom is -0.325 e. The number of anilines is 2. The van der Waals surface area contributed by atoms with Gasteiger partial charge in [0.2, 0.25) is 5.95 Å². The minimum atomic E-state index is 0.737. The number of fused-ring (bicyclic) bond motifs is 3. The summed E-state index contributed by atoms with van der Waals surface area (Å²) in [6.07, 6.45) is 0. The number of aryl methyl sites for hydroxylation is 2. The van der Waals surface area contributed by atoms with Gasteiger partial charge in [0.05, 0.1) is 16.9 Å². The Morgan fingerprint density at radius 1 is 0.618 bits per heavy atom. The van der Waals surface area contributed by atoms with Crippen molar-refractivity contribution in [3.8, 4) is 22.5 Å². The maximum Gasteiger partial charge on any atom is 0.214 e. The molecular formula is C30H24N4. The zero-order valence-electron chi connectivity index (χ0n) is 19.2. The average Bonchev–Trinajstić information content (AvgIpc) is 3.27. The molecule has 6 aromatic rings. The molecule has 0 aliphatic carbocycles. The number of aromatic nitrogens is 3. The fourth-order valence-electron chi connectivity index (χ4n) is 4.36. The molecule has 0 amide bonds. The highest BCUT2D eigenvalue weighted by molar-refractivity contribution is 5.97. The molecule has 0 unspecified atom stereocenters. The van der Waals surface area contributed by atoms with E-state index in [0.29, 0.717) is 0 Å². The smallest absolute Gasteiger partial charge is 0.214 e. The van der Waals surface area contributed by atoms with E-state index in [1.165, 1.54) is 11.1 Å². The number of rotatable bonds is 4. The summed E-state index contributed by atoms with van der Waals surface area (Å²) in [4.78, 5) is 10.3. The van der Waals surface area contributed by atoms with E-state index in [-0.39, 0.29) is 0 Å². The average molecular weight is 441 g/mol. The quantitative estimate of drug-likeness (QED) is 0.307. The molecule has 6 rings (SSSR count). The molecule has 0 bridgehead atoms. The van der Waals surface area contributed by atoms with Gasteiger partial charge in [-0.2, -0.15) is 0 Å². The summed E-state index contributed by atoms with van der Waals surface area (Å²) in [5.41, 5.74) is 9.37. The van der Waals surface area contributed by atoms with Gasteiger partial charge in [0.15, 0.2) is 0 Å². The van der Waals surface area contributed by atoms with Crippen LogP contribution >= 0.6 is 0 Å². The van der Waals surface area contributed by atoms with Crippen LogP contribution in [0, 0.1) is 13.8 Å². The van der Waals surface area contributed by atoms with E-state index in [4.69, 9.17) is 9.97 Å². The number of hydrogen-bond acceptors (Lipinski definition) is 3. The van der Waals surface area contributed by atoms with E-state index >= 15 is 0 Å². The molecule has 4 aromatic carbocycles. The minimum absolute atomic E-state index is 0.737. The second kappa shape index (κ2) is 8.16. The summed E-state index contributed by atoms with van der Waals surface area (Å²) in [5, 5.41) is 4.57. The van der Waals surface area contributed by atoms with Crippen LogP contribution in [-0.4, -0.2) is 14.4 Å². The first-order valence-corrected chi connectivity index (χ1v) is 11.4. The van der Waals surface area contributed by atoms with Crippen molar-refractivity contribution in [1.82, 2.24) is 14.4 Å². The van der Waals surface area contributed by atoms with Gasteiger partial charge in [-0.25, -0.2) is 9.97 Å². The SMILES string of the molecule is Cc1ccc(-c2nc3c4ccccc4nc(Nc4ccccc4)n3c2-c2ccc(C)cc2)cc1. The lowest BCUT2D eigenvalue weighted by Crippen LogP contribution is -2.04. The molecule has 164 valence electrons. The van der Waals surface area contributed by atoms with Crippen LogP contribution in [0.25, 0.3) is 39.1 Å². The van der Waals surface area contributed by atoms with Crippen molar-refractivity contribution in [3.63, 3.8) is 0 Å². The molecule has 2 heterocycles. The van der Waals surface area contributed by atoms with E-state index in [9.17, 15) is 0 Å². The first-order valence-electron chi connectivity index (χ1n) is 11.4. The Morgan fingerprint density at radius 3 is 1.94 bits per heavy atom. The largest absolute Gasteiger partial charge is 0.325 e. The molecule has 0 fully saturated rings. The van der Waals surface area contributed by atoms with Gasteiger partial charge in [-0.3, -0.25) is 4.40 Å². The normalized spacial score (nSPS) is 11.2. The summed E-state index contributed by atoms with van der Waals surface area (Å²) >= 11 is 0. The Hall–Kier alpha value is -4.44. The number of imidazole rings is 1. The summed E-state index contributed by atoms with van der Waals surface area (Å²) in [6.45, 7) is 4.21. The molecule has 0 saturated carbocycles. The van der Waals surface area contributed by atoms with E-state index < -0.39 is 0 Å². The first-order chi connectivity index (χ1) is 16.7.